The highest BCUT2D eigenvalue weighted by Gasteiger charge is 2.25. The van der Waals surface area contributed by atoms with Crippen LogP contribution in [0.5, 0.6) is 11.5 Å². The topological polar surface area (TPSA) is 87.6 Å². The first-order valence-corrected chi connectivity index (χ1v) is 10.9. The number of nitrogens with zero attached hydrogens (tertiary/aromatic N) is 4. The van der Waals surface area contributed by atoms with Crippen LogP contribution in [0.15, 0.2) is 18.3 Å². The highest BCUT2D eigenvalue weighted by Crippen LogP contribution is 2.37. The maximum atomic E-state index is 14.8. The summed E-state index contributed by atoms with van der Waals surface area (Å²) in [6, 6.07) is 3.53. The van der Waals surface area contributed by atoms with Crippen molar-refractivity contribution < 1.29 is 28.5 Å². The third-order valence-corrected chi connectivity index (χ3v) is 5.93. The molecule has 0 atom stereocenters. The van der Waals surface area contributed by atoms with Gasteiger partial charge in [0.2, 0.25) is 0 Å². The number of halogens is 1. The Labute approximate surface area is 186 Å². The van der Waals surface area contributed by atoms with Crippen LogP contribution in [0, 0.1) is 5.82 Å². The largest absolute Gasteiger partial charge is 0.493 e. The normalized spacial score (nSPS) is 17.6. The minimum Gasteiger partial charge on any atom is -0.493 e. The van der Waals surface area contributed by atoms with Crippen molar-refractivity contribution in [1.29, 1.82) is 0 Å². The summed E-state index contributed by atoms with van der Waals surface area (Å²) in [5, 5.41) is 9.78. The zero-order chi connectivity index (χ0) is 22.5. The number of hydrogen-bond donors (Lipinski definition) is 1. The minimum absolute atomic E-state index is 0.320. The van der Waals surface area contributed by atoms with Crippen LogP contribution in [0.2, 0.25) is 0 Å². The van der Waals surface area contributed by atoms with E-state index in [4.69, 9.17) is 19.3 Å². The van der Waals surface area contributed by atoms with Crippen molar-refractivity contribution in [3.8, 4) is 11.5 Å². The lowest BCUT2D eigenvalue weighted by Crippen LogP contribution is -2.48. The summed E-state index contributed by atoms with van der Waals surface area (Å²) >= 11 is 0. The summed E-state index contributed by atoms with van der Waals surface area (Å²) in [5.41, 5.74) is 1.02. The monoisotopic (exact) mass is 448 g/mol. The summed E-state index contributed by atoms with van der Waals surface area (Å²) in [5.74, 6) is 0.645. The third-order valence-electron chi connectivity index (χ3n) is 5.93. The Morgan fingerprint density at radius 3 is 2.59 bits per heavy atom. The number of amides is 1. The molecule has 0 spiro atoms. The average Bonchev–Trinajstić information content (AvgIpc) is 2.82. The number of anilines is 1. The fourth-order valence-corrected chi connectivity index (χ4v) is 4.17. The highest BCUT2D eigenvalue weighted by molar-refractivity contribution is 5.94. The number of aromatic nitrogens is 1. The molecule has 174 valence electrons. The number of fused-ring (bicyclic) bond motifs is 1. The van der Waals surface area contributed by atoms with Crippen molar-refractivity contribution in [2.24, 2.45) is 0 Å². The number of pyridine rings is 1. The van der Waals surface area contributed by atoms with Crippen molar-refractivity contribution in [1.82, 2.24) is 14.8 Å². The number of carboxylic acid groups (broad SMARTS) is 1. The molecule has 1 N–H and O–H groups in total. The van der Waals surface area contributed by atoms with E-state index in [0.29, 0.717) is 60.9 Å². The first kappa shape index (κ1) is 22.3. The van der Waals surface area contributed by atoms with Crippen LogP contribution in [-0.2, 0) is 4.74 Å². The number of rotatable bonds is 7. The van der Waals surface area contributed by atoms with Gasteiger partial charge < -0.3 is 29.1 Å². The van der Waals surface area contributed by atoms with E-state index < -0.39 is 11.9 Å². The molecular weight excluding hydrogens is 419 g/mol. The van der Waals surface area contributed by atoms with E-state index in [1.165, 1.54) is 11.1 Å². The second kappa shape index (κ2) is 10.2. The Hall–Kier alpha value is -2.85. The molecule has 2 aliphatic heterocycles. The van der Waals surface area contributed by atoms with E-state index >= 15 is 0 Å². The van der Waals surface area contributed by atoms with Crippen LogP contribution in [0.25, 0.3) is 10.9 Å². The molecule has 0 unspecified atom stereocenters. The summed E-state index contributed by atoms with van der Waals surface area (Å²) in [4.78, 5) is 21.0. The first-order valence-electron chi connectivity index (χ1n) is 10.9. The first-order chi connectivity index (χ1) is 15.6. The van der Waals surface area contributed by atoms with Gasteiger partial charge in [0.15, 0.2) is 17.3 Å². The van der Waals surface area contributed by atoms with Gasteiger partial charge in [-0.15, -0.1) is 0 Å². The molecule has 1 aromatic carbocycles. The molecular formula is C22H29FN4O5. The molecule has 1 amide bonds. The quantitative estimate of drug-likeness (QED) is 0.646. The van der Waals surface area contributed by atoms with Crippen molar-refractivity contribution in [3.63, 3.8) is 0 Å². The Bertz CT molecular complexity index is 946. The highest BCUT2D eigenvalue weighted by atomic mass is 19.1. The van der Waals surface area contributed by atoms with Crippen LogP contribution in [-0.4, -0.2) is 98.7 Å². The Morgan fingerprint density at radius 1 is 1.16 bits per heavy atom. The Kier molecular flexibility index (Phi) is 7.11. The molecule has 32 heavy (non-hydrogen) atoms. The molecule has 2 saturated heterocycles. The lowest BCUT2D eigenvalue weighted by Gasteiger charge is -2.35. The smallest absolute Gasteiger partial charge is 0.407 e. The molecule has 1 aromatic heterocycles. The maximum Gasteiger partial charge on any atom is 0.407 e. The van der Waals surface area contributed by atoms with E-state index in [-0.39, 0.29) is 0 Å². The number of morpholine rings is 1. The predicted octanol–water partition coefficient (Wildman–Crippen LogP) is 2.28. The van der Waals surface area contributed by atoms with Gasteiger partial charge in [0.05, 0.1) is 44.3 Å². The zero-order valence-corrected chi connectivity index (χ0v) is 18.3. The van der Waals surface area contributed by atoms with Gasteiger partial charge in [0.25, 0.3) is 0 Å². The molecule has 2 aromatic rings. The Balaban J connectivity index is 1.49. The fourth-order valence-electron chi connectivity index (χ4n) is 4.17. The molecule has 3 heterocycles. The van der Waals surface area contributed by atoms with E-state index in [1.807, 2.05) is 4.90 Å². The third kappa shape index (κ3) is 4.97. The number of carbonyl (C=O) groups is 1. The van der Waals surface area contributed by atoms with Crippen molar-refractivity contribution in [2.45, 2.75) is 6.42 Å². The van der Waals surface area contributed by atoms with E-state index in [9.17, 15) is 9.18 Å². The van der Waals surface area contributed by atoms with E-state index in [2.05, 4.69) is 9.88 Å². The minimum atomic E-state index is -0.957. The van der Waals surface area contributed by atoms with Crippen LogP contribution < -0.4 is 14.4 Å². The summed E-state index contributed by atoms with van der Waals surface area (Å²) < 4.78 is 31.7. The van der Waals surface area contributed by atoms with Gasteiger partial charge >= 0.3 is 6.09 Å². The van der Waals surface area contributed by atoms with Gasteiger partial charge in [-0.05, 0) is 12.5 Å². The molecule has 0 aliphatic carbocycles. The Morgan fingerprint density at radius 2 is 1.91 bits per heavy atom. The fraction of sp³-hybridized carbons (Fsp3) is 0.545. The van der Waals surface area contributed by atoms with Gasteiger partial charge in [-0.3, -0.25) is 9.88 Å². The van der Waals surface area contributed by atoms with Crippen molar-refractivity contribution >= 4 is 22.7 Å². The molecule has 0 radical (unpaired) electrons. The second-order valence-corrected chi connectivity index (χ2v) is 7.89. The summed E-state index contributed by atoms with van der Waals surface area (Å²) in [6.07, 6.45) is 1.12. The molecule has 2 fully saturated rings. The molecule has 0 saturated carbocycles. The lowest BCUT2D eigenvalue weighted by atomic mass is 10.1. The SMILES string of the molecule is COc1cc2c(N3CCN(C(=O)O)CC3)c(F)cnc2cc1OCCCN1CCOCC1. The second-order valence-electron chi connectivity index (χ2n) is 7.89. The van der Waals surface area contributed by atoms with Gasteiger partial charge in [0.1, 0.15) is 0 Å². The summed E-state index contributed by atoms with van der Waals surface area (Å²) in [6.45, 7) is 6.36. The number of hydrogen-bond acceptors (Lipinski definition) is 7. The van der Waals surface area contributed by atoms with Gasteiger partial charge in [-0.2, -0.15) is 0 Å². The molecule has 10 heteroatoms. The molecule has 0 bridgehead atoms. The van der Waals surface area contributed by atoms with Crippen LogP contribution in [0.1, 0.15) is 6.42 Å². The van der Waals surface area contributed by atoms with Gasteiger partial charge in [0, 0.05) is 57.3 Å². The van der Waals surface area contributed by atoms with Crippen molar-refractivity contribution in [2.75, 3.05) is 77.6 Å². The van der Waals surface area contributed by atoms with E-state index in [1.54, 1.807) is 19.2 Å². The molecule has 2 aliphatic rings. The van der Waals surface area contributed by atoms with Crippen LogP contribution >= 0.6 is 0 Å². The van der Waals surface area contributed by atoms with E-state index in [0.717, 1.165) is 39.3 Å². The maximum absolute atomic E-state index is 14.8. The van der Waals surface area contributed by atoms with Gasteiger partial charge in [-0.1, -0.05) is 0 Å². The molecule has 9 nitrogen and oxygen atoms in total. The standard InChI is InChI=1S/C22H29FN4O5/c1-30-19-13-16-18(14-20(19)32-10-2-3-25-8-11-31-12-9-25)24-15-17(23)21(16)26-4-6-27(7-5-26)22(28)29/h13-15H,2-12H2,1H3,(H,28,29). The number of piperazine rings is 1. The van der Waals surface area contributed by atoms with Crippen molar-refractivity contribution in [3.05, 3.63) is 24.1 Å². The van der Waals surface area contributed by atoms with Crippen LogP contribution in [0.3, 0.4) is 0 Å². The van der Waals surface area contributed by atoms with Gasteiger partial charge in [-0.25, -0.2) is 9.18 Å². The predicted molar refractivity (Wildman–Crippen MR) is 117 cm³/mol. The number of methoxy groups -OCH3 is 1. The average molecular weight is 448 g/mol. The van der Waals surface area contributed by atoms with Crippen LogP contribution in [0.4, 0.5) is 14.9 Å². The zero-order valence-electron chi connectivity index (χ0n) is 18.3. The lowest BCUT2D eigenvalue weighted by molar-refractivity contribution is 0.0357. The number of ether oxygens (including phenoxy) is 3. The molecule has 4 rings (SSSR count). The summed E-state index contributed by atoms with van der Waals surface area (Å²) in [7, 11) is 1.56. The number of benzene rings is 1.